The maximum Gasteiger partial charge on any atom is 0.261 e. The van der Waals surface area contributed by atoms with Gasteiger partial charge in [0.05, 0.1) is 5.56 Å². The van der Waals surface area contributed by atoms with Gasteiger partial charge < -0.3 is 9.42 Å². The van der Waals surface area contributed by atoms with Gasteiger partial charge in [0.2, 0.25) is 5.82 Å². The molecule has 0 aliphatic carbocycles. The molecule has 30 heavy (non-hydrogen) atoms. The zero-order valence-electron chi connectivity index (χ0n) is 16.7. The molecule has 0 atom stereocenters. The van der Waals surface area contributed by atoms with E-state index in [1.165, 1.54) is 5.56 Å². The van der Waals surface area contributed by atoms with Gasteiger partial charge in [0.15, 0.2) is 0 Å². The molecule has 2 aromatic carbocycles. The number of piperazine rings is 1. The van der Waals surface area contributed by atoms with Crippen molar-refractivity contribution in [1.29, 1.82) is 0 Å². The molecular weight excluding hydrogens is 374 g/mol. The number of hydrogen-bond donors (Lipinski definition) is 0. The van der Waals surface area contributed by atoms with Crippen LogP contribution in [-0.4, -0.2) is 46.2 Å². The molecule has 6 heteroatoms. The monoisotopic (exact) mass is 397 g/mol. The van der Waals surface area contributed by atoms with Crippen LogP contribution in [0, 0.1) is 0 Å². The Morgan fingerprint density at radius 2 is 1.53 bits per heavy atom. The highest BCUT2D eigenvalue weighted by molar-refractivity contribution is 5.71. The highest BCUT2D eigenvalue weighted by Gasteiger charge is 2.23. The number of nitrogens with zero attached hydrogens (tertiary/aromatic N) is 5. The Hall–Kier alpha value is -3.51. The number of rotatable bonds is 5. The average molecular weight is 397 g/mol. The minimum absolute atomic E-state index is 0.503. The summed E-state index contributed by atoms with van der Waals surface area (Å²) in [5.74, 6) is 2.00. The summed E-state index contributed by atoms with van der Waals surface area (Å²) in [5.41, 5.74) is 3.17. The van der Waals surface area contributed by atoms with Gasteiger partial charge in [0.25, 0.3) is 5.89 Å². The number of pyridine rings is 1. The lowest BCUT2D eigenvalue weighted by atomic mass is 10.2. The largest absolute Gasteiger partial charge is 0.353 e. The molecule has 6 nitrogen and oxygen atoms in total. The van der Waals surface area contributed by atoms with Crippen LogP contribution < -0.4 is 4.90 Å². The predicted octanol–water partition coefficient (Wildman–Crippen LogP) is 4.12. The first-order valence-corrected chi connectivity index (χ1v) is 10.2. The first kappa shape index (κ1) is 18.5. The second-order valence-electron chi connectivity index (χ2n) is 7.41. The molecule has 0 saturated carbocycles. The molecule has 1 saturated heterocycles. The molecule has 4 aromatic rings. The smallest absolute Gasteiger partial charge is 0.261 e. The number of benzene rings is 2. The molecule has 150 valence electrons. The van der Waals surface area contributed by atoms with Gasteiger partial charge >= 0.3 is 0 Å². The van der Waals surface area contributed by atoms with E-state index in [0.717, 1.165) is 49.7 Å². The minimum Gasteiger partial charge on any atom is -0.353 e. The fourth-order valence-electron chi connectivity index (χ4n) is 3.81. The Kier molecular flexibility index (Phi) is 5.23. The standard InChI is InChI=1S/C24H23N5O/c1-3-8-19(9-4-1)18-28-14-16-29(17-15-28)23-21(12-7-13-25-23)24-26-22(27-30-24)20-10-5-2-6-11-20/h1-13H,14-18H2. The van der Waals surface area contributed by atoms with E-state index in [2.05, 4.69) is 55.3 Å². The molecule has 1 aliphatic heterocycles. The molecule has 3 heterocycles. The normalized spacial score (nSPS) is 14.7. The molecule has 0 bridgehead atoms. The van der Waals surface area contributed by atoms with Gasteiger partial charge in [-0.15, -0.1) is 0 Å². The van der Waals surface area contributed by atoms with Crippen LogP contribution in [0.15, 0.2) is 83.5 Å². The topological polar surface area (TPSA) is 58.3 Å². The van der Waals surface area contributed by atoms with Crippen molar-refractivity contribution >= 4 is 5.82 Å². The number of aromatic nitrogens is 3. The maximum absolute atomic E-state index is 5.60. The molecule has 1 aliphatic rings. The third-order valence-corrected chi connectivity index (χ3v) is 5.40. The van der Waals surface area contributed by atoms with Crippen molar-refractivity contribution in [2.75, 3.05) is 31.1 Å². The minimum atomic E-state index is 0.503. The SMILES string of the molecule is c1ccc(CN2CCN(c3ncccc3-c3nc(-c4ccccc4)no3)CC2)cc1. The van der Waals surface area contributed by atoms with Crippen molar-refractivity contribution in [2.45, 2.75) is 6.54 Å². The fourth-order valence-corrected chi connectivity index (χ4v) is 3.81. The van der Waals surface area contributed by atoms with Crippen molar-refractivity contribution in [1.82, 2.24) is 20.0 Å². The maximum atomic E-state index is 5.60. The third kappa shape index (κ3) is 3.95. The lowest BCUT2D eigenvalue weighted by Crippen LogP contribution is -2.46. The molecule has 5 rings (SSSR count). The zero-order chi connectivity index (χ0) is 20.2. The van der Waals surface area contributed by atoms with Crippen molar-refractivity contribution in [3.05, 3.63) is 84.6 Å². The van der Waals surface area contributed by atoms with Crippen LogP contribution in [0.25, 0.3) is 22.8 Å². The van der Waals surface area contributed by atoms with Crippen molar-refractivity contribution in [2.24, 2.45) is 0 Å². The van der Waals surface area contributed by atoms with Crippen LogP contribution in [0.5, 0.6) is 0 Å². The third-order valence-electron chi connectivity index (χ3n) is 5.40. The Labute approximate surface area is 175 Å². The van der Waals surface area contributed by atoms with Crippen LogP contribution in [-0.2, 0) is 6.54 Å². The molecule has 0 amide bonds. The van der Waals surface area contributed by atoms with Gasteiger partial charge in [-0.25, -0.2) is 4.98 Å². The van der Waals surface area contributed by atoms with E-state index in [0.29, 0.717) is 11.7 Å². The van der Waals surface area contributed by atoms with Crippen LogP contribution >= 0.6 is 0 Å². The second-order valence-corrected chi connectivity index (χ2v) is 7.41. The number of hydrogen-bond acceptors (Lipinski definition) is 6. The van der Waals surface area contributed by atoms with E-state index < -0.39 is 0 Å². The van der Waals surface area contributed by atoms with E-state index in [-0.39, 0.29) is 0 Å². The average Bonchev–Trinajstić information content (AvgIpc) is 3.31. The quantitative estimate of drug-likeness (QED) is 0.505. The van der Waals surface area contributed by atoms with Crippen LogP contribution in [0.2, 0.25) is 0 Å². The Balaban J connectivity index is 1.32. The van der Waals surface area contributed by atoms with Gasteiger partial charge in [-0.3, -0.25) is 4.90 Å². The molecule has 1 fully saturated rings. The van der Waals surface area contributed by atoms with E-state index >= 15 is 0 Å². The Morgan fingerprint density at radius 1 is 0.800 bits per heavy atom. The van der Waals surface area contributed by atoms with Gasteiger partial charge in [-0.1, -0.05) is 65.8 Å². The molecule has 0 radical (unpaired) electrons. The van der Waals surface area contributed by atoms with Crippen LogP contribution in [0.3, 0.4) is 0 Å². The number of anilines is 1. The summed E-state index contributed by atoms with van der Waals surface area (Å²) in [6.45, 7) is 4.79. The van der Waals surface area contributed by atoms with E-state index in [1.54, 1.807) is 0 Å². The van der Waals surface area contributed by atoms with Crippen molar-refractivity contribution in [3.63, 3.8) is 0 Å². The Bertz CT molecular complexity index is 1090. The summed E-state index contributed by atoms with van der Waals surface area (Å²) in [5, 5.41) is 4.17. The highest BCUT2D eigenvalue weighted by Crippen LogP contribution is 2.30. The predicted molar refractivity (Wildman–Crippen MR) is 117 cm³/mol. The first-order chi connectivity index (χ1) is 14.9. The molecule has 2 aromatic heterocycles. The fraction of sp³-hybridized carbons (Fsp3) is 0.208. The summed E-state index contributed by atoms with van der Waals surface area (Å²) >= 11 is 0. The van der Waals surface area contributed by atoms with Crippen LogP contribution in [0.1, 0.15) is 5.56 Å². The second kappa shape index (κ2) is 8.47. The summed E-state index contributed by atoms with van der Waals surface area (Å²) in [6, 6.07) is 24.4. The molecule has 0 spiro atoms. The zero-order valence-corrected chi connectivity index (χ0v) is 16.7. The highest BCUT2D eigenvalue weighted by atomic mass is 16.5. The lowest BCUT2D eigenvalue weighted by Gasteiger charge is -2.35. The first-order valence-electron chi connectivity index (χ1n) is 10.2. The van der Waals surface area contributed by atoms with Gasteiger partial charge in [-0.05, 0) is 17.7 Å². The molecule has 0 N–H and O–H groups in total. The Morgan fingerprint density at radius 3 is 2.30 bits per heavy atom. The van der Waals surface area contributed by atoms with E-state index in [1.807, 2.05) is 48.7 Å². The summed E-state index contributed by atoms with van der Waals surface area (Å²) < 4.78 is 5.60. The summed E-state index contributed by atoms with van der Waals surface area (Å²) in [6.07, 6.45) is 1.82. The summed E-state index contributed by atoms with van der Waals surface area (Å²) in [7, 11) is 0. The molecule has 0 unspecified atom stereocenters. The molecular formula is C24H23N5O. The van der Waals surface area contributed by atoms with Gasteiger partial charge in [-0.2, -0.15) is 4.98 Å². The lowest BCUT2D eigenvalue weighted by molar-refractivity contribution is 0.249. The summed E-state index contributed by atoms with van der Waals surface area (Å²) in [4.78, 5) is 14.1. The van der Waals surface area contributed by atoms with Gasteiger partial charge in [0.1, 0.15) is 5.82 Å². The van der Waals surface area contributed by atoms with E-state index in [9.17, 15) is 0 Å². The van der Waals surface area contributed by atoms with E-state index in [4.69, 9.17) is 4.52 Å². The van der Waals surface area contributed by atoms with Crippen molar-refractivity contribution in [3.8, 4) is 22.8 Å². The van der Waals surface area contributed by atoms with Crippen LogP contribution in [0.4, 0.5) is 5.82 Å². The van der Waals surface area contributed by atoms with Gasteiger partial charge in [0, 0.05) is 44.5 Å². The van der Waals surface area contributed by atoms with Crippen molar-refractivity contribution < 1.29 is 4.52 Å².